The molecule has 0 bridgehead atoms. The number of rotatable bonds is 3. The van der Waals surface area contributed by atoms with Crippen LogP contribution in [0.5, 0.6) is 0 Å². The van der Waals surface area contributed by atoms with Gasteiger partial charge in [-0.15, -0.1) is 0 Å². The summed E-state index contributed by atoms with van der Waals surface area (Å²) in [6, 6.07) is 4.12. The predicted molar refractivity (Wildman–Crippen MR) is 69.3 cm³/mol. The quantitative estimate of drug-likeness (QED) is 0.746. The normalized spacial score (nSPS) is 19.4. The van der Waals surface area contributed by atoms with Gasteiger partial charge in [0.05, 0.1) is 0 Å². The zero-order valence-corrected chi connectivity index (χ0v) is 10.9. The first-order chi connectivity index (χ1) is 8.11. The molecule has 0 unspecified atom stereocenters. The lowest BCUT2D eigenvalue weighted by molar-refractivity contribution is 0.0343. The second kappa shape index (κ2) is 5.19. The number of pyridine rings is 1. The number of aryl methyl sites for hydroxylation is 1. The molecule has 0 spiro atoms. The van der Waals surface area contributed by atoms with Crippen LogP contribution in [0, 0.1) is 5.41 Å². The van der Waals surface area contributed by atoms with E-state index in [9.17, 15) is 0 Å². The molecule has 0 aromatic carbocycles. The van der Waals surface area contributed by atoms with Gasteiger partial charge >= 0.3 is 7.12 Å². The van der Waals surface area contributed by atoms with Crippen LogP contribution in [0.15, 0.2) is 18.3 Å². The van der Waals surface area contributed by atoms with Crippen LogP contribution in [0.2, 0.25) is 0 Å². The monoisotopic (exact) mass is 233 g/mol. The van der Waals surface area contributed by atoms with Crippen LogP contribution in [-0.2, 0) is 15.7 Å². The molecule has 0 amide bonds. The Hall–Kier alpha value is -0.865. The van der Waals surface area contributed by atoms with Gasteiger partial charge in [0.1, 0.15) is 0 Å². The maximum atomic E-state index is 5.72. The third-order valence-corrected chi connectivity index (χ3v) is 2.88. The third kappa shape index (κ3) is 3.30. The summed E-state index contributed by atoms with van der Waals surface area (Å²) in [5, 5.41) is 0. The fourth-order valence-corrected chi connectivity index (χ4v) is 1.86. The van der Waals surface area contributed by atoms with E-state index in [1.807, 2.05) is 6.20 Å². The van der Waals surface area contributed by atoms with Crippen LogP contribution in [0.1, 0.15) is 32.9 Å². The van der Waals surface area contributed by atoms with E-state index in [4.69, 9.17) is 9.31 Å². The van der Waals surface area contributed by atoms with Crippen molar-refractivity contribution in [3.63, 3.8) is 0 Å². The number of aromatic nitrogens is 1. The van der Waals surface area contributed by atoms with E-state index in [0.717, 1.165) is 37.2 Å². The fourth-order valence-electron chi connectivity index (χ4n) is 1.86. The highest BCUT2D eigenvalue weighted by atomic mass is 16.6. The average Bonchev–Trinajstić information content (AvgIpc) is 2.31. The molecule has 2 rings (SSSR count). The molecule has 1 aliphatic heterocycles. The molecule has 0 atom stereocenters. The van der Waals surface area contributed by atoms with Gasteiger partial charge in [0.25, 0.3) is 0 Å². The summed E-state index contributed by atoms with van der Waals surface area (Å²) >= 11 is 0. The Labute approximate surface area is 104 Å². The second-order valence-electron chi connectivity index (χ2n) is 5.45. The zero-order chi connectivity index (χ0) is 12.3. The number of hydrogen-bond donors (Lipinski definition) is 0. The van der Waals surface area contributed by atoms with Crippen LogP contribution in [0.3, 0.4) is 0 Å². The predicted octanol–water partition coefficient (Wildman–Crippen LogP) is 1.80. The lowest BCUT2D eigenvalue weighted by atomic mass is 9.77. The molecule has 0 aliphatic carbocycles. The standard InChI is InChI=1S/C13H20BNO2/c1-4-5-12-7-6-11(8-15-12)14-16-9-13(2,3)10-17-14/h6-8H,4-5,9-10H2,1-3H3. The van der Waals surface area contributed by atoms with Gasteiger partial charge in [-0.1, -0.05) is 33.3 Å². The van der Waals surface area contributed by atoms with Crippen molar-refractivity contribution in [3.05, 3.63) is 24.0 Å². The highest BCUT2D eigenvalue weighted by Gasteiger charge is 2.33. The minimum atomic E-state index is -0.244. The van der Waals surface area contributed by atoms with Gasteiger partial charge in [-0.3, -0.25) is 4.98 Å². The van der Waals surface area contributed by atoms with Crippen molar-refractivity contribution in [2.75, 3.05) is 13.2 Å². The van der Waals surface area contributed by atoms with Crippen LogP contribution < -0.4 is 5.46 Å². The molecule has 17 heavy (non-hydrogen) atoms. The van der Waals surface area contributed by atoms with Crippen molar-refractivity contribution >= 4 is 12.6 Å². The van der Waals surface area contributed by atoms with E-state index in [-0.39, 0.29) is 12.5 Å². The highest BCUT2D eigenvalue weighted by molar-refractivity contribution is 6.61. The van der Waals surface area contributed by atoms with Gasteiger partial charge in [-0.25, -0.2) is 0 Å². The summed E-state index contributed by atoms with van der Waals surface area (Å²) in [6.07, 6.45) is 4.02. The van der Waals surface area contributed by atoms with E-state index >= 15 is 0 Å². The van der Waals surface area contributed by atoms with Crippen LogP contribution in [0.25, 0.3) is 0 Å². The van der Waals surface area contributed by atoms with Crippen LogP contribution >= 0.6 is 0 Å². The summed E-state index contributed by atoms with van der Waals surface area (Å²) in [6.45, 7) is 7.91. The van der Waals surface area contributed by atoms with Crippen molar-refractivity contribution in [1.82, 2.24) is 4.98 Å². The molecule has 1 saturated heterocycles. The molecule has 0 saturated carbocycles. The maximum Gasteiger partial charge on any atom is 0.495 e. The highest BCUT2D eigenvalue weighted by Crippen LogP contribution is 2.21. The second-order valence-corrected chi connectivity index (χ2v) is 5.45. The van der Waals surface area contributed by atoms with Gasteiger partial charge in [0, 0.05) is 36.0 Å². The zero-order valence-electron chi connectivity index (χ0n) is 10.9. The molecule has 92 valence electrons. The maximum absolute atomic E-state index is 5.72. The Morgan fingerprint density at radius 1 is 1.29 bits per heavy atom. The van der Waals surface area contributed by atoms with Gasteiger partial charge < -0.3 is 9.31 Å². The molecule has 0 radical (unpaired) electrons. The van der Waals surface area contributed by atoms with E-state index in [0.29, 0.717) is 0 Å². The van der Waals surface area contributed by atoms with Crippen LogP contribution in [-0.4, -0.2) is 25.3 Å². The van der Waals surface area contributed by atoms with E-state index < -0.39 is 0 Å². The molecular formula is C13H20BNO2. The molecular weight excluding hydrogens is 213 g/mol. The number of hydrogen-bond acceptors (Lipinski definition) is 3. The van der Waals surface area contributed by atoms with E-state index in [2.05, 4.69) is 37.9 Å². The van der Waals surface area contributed by atoms with Crippen molar-refractivity contribution in [1.29, 1.82) is 0 Å². The van der Waals surface area contributed by atoms with E-state index in [1.165, 1.54) is 0 Å². The Bertz CT molecular complexity index is 354. The smallest absolute Gasteiger partial charge is 0.407 e. The average molecular weight is 233 g/mol. The minimum absolute atomic E-state index is 0.117. The summed E-state index contributed by atoms with van der Waals surface area (Å²) in [7, 11) is -0.244. The van der Waals surface area contributed by atoms with Gasteiger partial charge in [-0.2, -0.15) is 0 Å². The van der Waals surface area contributed by atoms with Gasteiger partial charge in [0.2, 0.25) is 0 Å². The SMILES string of the molecule is CCCc1ccc(B2OCC(C)(C)CO2)cn1. The molecule has 2 heterocycles. The van der Waals surface area contributed by atoms with Crippen molar-refractivity contribution < 1.29 is 9.31 Å². The van der Waals surface area contributed by atoms with Gasteiger partial charge in [0.15, 0.2) is 0 Å². The largest absolute Gasteiger partial charge is 0.495 e. The third-order valence-electron chi connectivity index (χ3n) is 2.88. The first-order valence-electron chi connectivity index (χ1n) is 6.29. The Kier molecular flexibility index (Phi) is 3.84. The molecule has 3 nitrogen and oxygen atoms in total. The fraction of sp³-hybridized carbons (Fsp3) is 0.615. The van der Waals surface area contributed by atoms with Gasteiger partial charge in [-0.05, 0) is 12.5 Å². The molecule has 0 N–H and O–H groups in total. The van der Waals surface area contributed by atoms with Crippen molar-refractivity contribution in [3.8, 4) is 0 Å². The summed E-state index contributed by atoms with van der Waals surface area (Å²) in [5.74, 6) is 0. The summed E-state index contributed by atoms with van der Waals surface area (Å²) in [4.78, 5) is 4.42. The molecule has 4 heteroatoms. The Morgan fingerprint density at radius 2 is 2.00 bits per heavy atom. The lowest BCUT2D eigenvalue weighted by Gasteiger charge is -2.33. The minimum Gasteiger partial charge on any atom is -0.407 e. The number of nitrogens with zero attached hydrogens (tertiary/aromatic N) is 1. The lowest BCUT2D eigenvalue weighted by Crippen LogP contribution is -2.47. The molecule has 1 aliphatic rings. The first-order valence-corrected chi connectivity index (χ1v) is 6.29. The van der Waals surface area contributed by atoms with Crippen LogP contribution in [0.4, 0.5) is 0 Å². The molecule has 1 aromatic rings. The van der Waals surface area contributed by atoms with Crippen molar-refractivity contribution in [2.45, 2.75) is 33.6 Å². The summed E-state index contributed by atoms with van der Waals surface area (Å²) < 4.78 is 11.4. The first kappa shape index (κ1) is 12.6. The molecule has 1 aromatic heterocycles. The topological polar surface area (TPSA) is 31.4 Å². The van der Waals surface area contributed by atoms with E-state index in [1.54, 1.807) is 0 Å². The molecule has 1 fully saturated rings. The van der Waals surface area contributed by atoms with Crippen molar-refractivity contribution in [2.24, 2.45) is 5.41 Å². The Morgan fingerprint density at radius 3 is 2.53 bits per heavy atom. The summed E-state index contributed by atoms with van der Waals surface area (Å²) in [5.41, 5.74) is 2.26. The Balaban J connectivity index is 1.99.